The number of nitrogens with one attached hydrogen (secondary N) is 1. The number of nitrogens with two attached hydrogens (primary N) is 1. The maximum Gasteiger partial charge on any atom is 0.320 e. The summed E-state index contributed by atoms with van der Waals surface area (Å²) in [5, 5.41) is 17.9. The first-order valence-corrected chi connectivity index (χ1v) is 13.2. The van der Waals surface area contributed by atoms with E-state index in [2.05, 4.69) is 21.4 Å². The third-order valence-electron chi connectivity index (χ3n) is 7.19. The van der Waals surface area contributed by atoms with Crippen LogP contribution in [0, 0.1) is 11.3 Å². The first-order chi connectivity index (χ1) is 18.9. The van der Waals surface area contributed by atoms with Gasteiger partial charge in [-0.05, 0) is 44.5 Å². The number of aromatic nitrogens is 5. The molecule has 3 aromatic heterocycles. The first kappa shape index (κ1) is 26.9. The number of urea groups is 1. The van der Waals surface area contributed by atoms with Crippen molar-refractivity contribution in [1.82, 2.24) is 24.3 Å². The van der Waals surface area contributed by atoms with E-state index in [1.165, 1.54) is 4.90 Å². The van der Waals surface area contributed by atoms with E-state index in [1.807, 2.05) is 52.8 Å². The molecule has 5 rings (SSSR count). The second-order valence-electron chi connectivity index (χ2n) is 11.4. The van der Waals surface area contributed by atoms with Crippen molar-refractivity contribution < 1.29 is 4.79 Å². The van der Waals surface area contributed by atoms with E-state index in [1.54, 1.807) is 40.7 Å². The molecule has 3 N–H and O–H groups in total. The summed E-state index contributed by atoms with van der Waals surface area (Å²) in [5.74, 6) is 0.693. The highest BCUT2D eigenvalue weighted by Gasteiger charge is 2.48. The fourth-order valence-corrected chi connectivity index (χ4v) is 5.06. The van der Waals surface area contributed by atoms with Gasteiger partial charge in [-0.1, -0.05) is 26.8 Å². The van der Waals surface area contributed by atoms with E-state index in [9.17, 15) is 14.9 Å². The monoisotopic (exact) mass is 539 g/mol. The molecule has 11 nitrogen and oxygen atoms in total. The van der Waals surface area contributed by atoms with Gasteiger partial charge < -0.3 is 11.1 Å². The topological polar surface area (TPSA) is 148 Å². The van der Waals surface area contributed by atoms with Crippen LogP contribution in [0.1, 0.15) is 69.8 Å². The number of nitrogens with zero attached hydrogens (tertiary/aromatic N) is 7. The van der Waals surface area contributed by atoms with Crippen molar-refractivity contribution in [1.29, 1.82) is 5.26 Å². The third-order valence-corrected chi connectivity index (χ3v) is 7.19. The molecule has 0 radical (unpaired) electrons. The Morgan fingerprint density at radius 3 is 2.62 bits per heavy atom. The minimum atomic E-state index is -0.641. The van der Waals surface area contributed by atoms with Gasteiger partial charge in [-0.2, -0.15) is 15.3 Å². The summed E-state index contributed by atoms with van der Waals surface area (Å²) in [5.41, 5.74) is 8.55. The van der Waals surface area contributed by atoms with Gasteiger partial charge in [-0.15, -0.1) is 0 Å². The summed E-state index contributed by atoms with van der Waals surface area (Å²) < 4.78 is 3.33. The molecule has 1 saturated carbocycles. The molecule has 2 atom stereocenters. The van der Waals surface area contributed by atoms with Crippen LogP contribution in [0.5, 0.6) is 0 Å². The van der Waals surface area contributed by atoms with Crippen LogP contribution >= 0.6 is 0 Å². The zero-order valence-corrected chi connectivity index (χ0v) is 23.5. The minimum Gasteiger partial charge on any atom is -0.357 e. The molecule has 2 unspecified atom stereocenters. The van der Waals surface area contributed by atoms with Crippen LogP contribution in [0.2, 0.25) is 0 Å². The zero-order valence-electron chi connectivity index (χ0n) is 23.5. The molecule has 1 aliphatic rings. The highest BCUT2D eigenvalue weighted by Crippen LogP contribution is 2.46. The maximum absolute atomic E-state index is 13.8. The SMILES string of the molecule is CNc1ncc2cc(C3CC3N(C(N)=O)c3cc(C(C)(C)C)nn3-c3cccc(C#N)c3)c(=O)n(C(C)C)c2n1. The smallest absolute Gasteiger partial charge is 0.320 e. The Hall–Kier alpha value is -4.72. The quantitative estimate of drug-likeness (QED) is 0.373. The predicted molar refractivity (Wildman–Crippen MR) is 154 cm³/mol. The number of hydrogen-bond acceptors (Lipinski definition) is 7. The van der Waals surface area contributed by atoms with E-state index in [0.29, 0.717) is 40.6 Å². The van der Waals surface area contributed by atoms with Gasteiger partial charge in [-0.3, -0.25) is 14.3 Å². The average Bonchev–Trinajstić information content (AvgIpc) is 3.54. The van der Waals surface area contributed by atoms with E-state index in [4.69, 9.17) is 10.8 Å². The summed E-state index contributed by atoms with van der Waals surface area (Å²) in [4.78, 5) is 37.2. The number of nitriles is 1. The molecular weight excluding hydrogens is 506 g/mol. The molecule has 0 spiro atoms. The van der Waals surface area contributed by atoms with Crippen LogP contribution in [0.15, 0.2) is 47.4 Å². The molecule has 206 valence electrons. The number of carbonyl (C=O) groups is 1. The van der Waals surface area contributed by atoms with E-state index < -0.39 is 6.03 Å². The lowest BCUT2D eigenvalue weighted by molar-refractivity contribution is 0.253. The molecule has 0 bridgehead atoms. The molecule has 0 aliphatic heterocycles. The third kappa shape index (κ3) is 4.66. The summed E-state index contributed by atoms with van der Waals surface area (Å²) in [7, 11) is 1.73. The normalized spacial score (nSPS) is 16.6. The van der Waals surface area contributed by atoms with Gasteiger partial charge in [0.1, 0.15) is 11.5 Å². The maximum atomic E-state index is 13.8. The summed E-state index contributed by atoms with van der Waals surface area (Å²) in [6.45, 7) is 9.99. The Balaban J connectivity index is 1.62. The standard InChI is InChI=1S/C29H33N9O2/c1-16(2)36-25-18(15-33-28(32-6)34-25)11-21(26(36)39)20-12-22(20)37(27(31)40)24-13-23(29(3,4)5)35-38(24)19-9-7-8-17(10-19)14-30/h7-11,13,15-16,20,22H,12H2,1-6H3,(H2,31,40)(H,32,33,34). The van der Waals surface area contributed by atoms with E-state index in [0.717, 1.165) is 11.1 Å². The van der Waals surface area contributed by atoms with Gasteiger partial charge >= 0.3 is 6.03 Å². The molecule has 2 amide bonds. The fourth-order valence-electron chi connectivity index (χ4n) is 5.06. The van der Waals surface area contributed by atoms with Gasteiger partial charge in [0.15, 0.2) is 0 Å². The van der Waals surface area contributed by atoms with Crippen LogP contribution < -0.4 is 21.5 Å². The van der Waals surface area contributed by atoms with Gasteiger partial charge in [0.25, 0.3) is 5.56 Å². The highest BCUT2D eigenvalue weighted by atomic mass is 16.2. The fraction of sp³-hybridized carbons (Fsp3) is 0.379. The van der Waals surface area contributed by atoms with Crippen LogP contribution in [0.25, 0.3) is 16.7 Å². The Bertz CT molecular complexity index is 1720. The number of carbonyl (C=O) groups excluding carboxylic acids is 1. The molecule has 1 aromatic carbocycles. The summed E-state index contributed by atoms with van der Waals surface area (Å²) in [6.07, 6.45) is 2.26. The molecule has 40 heavy (non-hydrogen) atoms. The van der Waals surface area contributed by atoms with Crippen molar-refractivity contribution in [3.63, 3.8) is 0 Å². The van der Waals surface area contributed by atoms with Crippen molar-refractivity contribution in [2.24, 2.45) is 5.73 Å². The predicted octanol–water partition coefficient (Wildman–Crippen LogP) is 4.21. The number of benzene rings is 1. The summed E-state index contributed by atoms with van der Waals surface area (Å²) >= 11 is 0. The zero-order chi connectivity index (χ0) is 28.9. The molecule has 4 aromatic rings. The number of fused-ring (bicyclic) bond motifs is 1. The molecule has 3 heterocycles. The van der Waals surface area contributed by atoms with Gasteiger partial charge in [0, 0.05) is 53.7 Å². The number of rotatable bonds is 6. The van der Waals surface area contributed by atoms with Gasteiger partial charge in [0.05, 0.1) is 23.0 Å². The molecule has 11 heteroatoms. The number of amides is 2. The second-order valence-corrected chi connectivity index (χ2v) is 11.4. The lowest BCUT2D eigenvalue weighted by atomic mass is 9.92. The Kier molecular flexibility index (Phi) is 6.58. The number of anilines is 2. The number of pyridine rings is 1. The van der Waals surface area contributed by atoms with E-state index in [-0.39, 0.29) is 29.0 Å². The largest absolute Gasteiger partial charge is 0.357 e. The molecule has 0 saturated heterocycles. The van der Waals surface area contributed by atoms with Gasteiger partial charge in [-0.25, -0.2) is 14.5 Å². The van der Waals surface area contributed by atoms with Crippen LogP contribution in [0.3, 0.4) is 0 Å². The van der Waals surface area contributed by atoms with Gasteiger partial charge in [0.2, 0.25) is 5.95 Å². The Morgan fingerprint density at radius 2 is 2.00 bits per heavy atom. The van der Waals surface area contributed by atoms with Crippen molar-refractivity contribution >= 4 is 28.8 Å². The molecule has 1 fully saturated rings. The van der Waals surface area contributed by atoms with Crippen molar-refractivity contribution in [2.45, 2.75) is 64.5 Å². The Labute approximate surface area is 232 Å². The second kappa shape index (κ2) is 9.79. The number of primary amides is 1. The lowest BCUT2D eigenvalue weighted by Gasteiger charge is -2.22. The minimum absolute atomic E-state index is 0.137. The first-order valence-electron chi connectivity index (χ1n) is 13.2. The average molecular weight is 540 g/mol. The van der Waals surface area contributed by atoms with Crippen LogP contribution in [-0.4, -0.2) is 43.4 Å². The Morgan fingerprint density at radius 1 is 1.25 bits per heavy atom. The van der Waals surface area contributed by atoms with Crippen LogP contribution in [-0.2, 0) is 5.41 Å². The highest BCUT2D eigenvalue weighted by molar-refractivity contribution is 5.92. The van der Waals surface area contributed by atoms with E-state index >= 15 is 0 Å². The summed E-state index contributed by atoms with van der Waals surface area (Å²) in [6, 6.07) is 11.8. The van der Waals surface area contributed by atoms with Crippen molar-refractivity contribution in [3.8, 4) is 11.8 Å². The van der Waals surface area contributed by atoms with Crippen molar-refractivity contribution in [3.05, 3.63) is 69.8 Å². The number of hydrogen-bond donors (Lipinski definition) is 2. The van der Waals surface area contributed by atoms with Crippen LogP contribution in [0.4, 0.5) is 16.6 Å². The molecular formula is C29H33N9O2. The lowest BCUT2D eigenvalue weighted by Crippen LogP contribution is -2.40. The molecule has 1 aliphatic carbocycles. The van der Waals surface area contributed by atoms with Crippen molar-refractivity contribution in [2.75, 3.05) is 17.3 Å².